The normalized spacial score (nSPS) is 24.8. The molecule has 1 aromatic carbocycles. The van der Waals surface area contributed by atoms with E-state index in [4.69, 9.17) is 16.7 Å². The van der Waals surface area contributed by atoms with E-state index < -0.39 is 0 Å². The molecule has 3 rings (SSSR count). The molecule has 3 nitrogen and oxygen atoms in total. The van der Waals surface area contributed by atoms with Gasteiger partial charge in [0.25, 0.3) is 0 Å². The van der Waals surface area contributed by atoms with Crippen LogP contribution in [0, 0.1) is 5.41 Å². The Morgan fingerprint density at radius 3 is 2.80 bits per heavy atom. The highest BCUT2D eigenvalue weighted by Gasteiger charge is 2.46. The first kappa shape index (κ1) is 13.9. The maximum atomic E-state index is 6.28. The Hall–Kier alpha value is -1.06. The zero-order valence-corrected chi connectivity index (χ0v) is 13.1. The van der Waals surface area contributed by atoms with Crippen molar-refractivity contribution in [2.75, 3.05) is 0 Å². The van der Waals surface area contributed by atoms with Gasteiger partial charge in [-0.25, -0.2) is 0 Å². The number of hydrogen-bond donors (Lipinski definition) is 1. The van der Waals surface area contributed by atoms with Crippen LogP contribution in [0.15, 0.2) is 24.3 Å². The minimum Gasteiger partial charge on any atom is -0.308 e. The number of aromatic nitrogens is 2. The van der Waals surface area contributed by atoms with E-state index in [1.165, 1.54) is 10.9 Å². The number of fused-ring (bicyclic) bond motifs is 1. The third-order valence-electron chi connectivity index (χ3n) is 4.70. The third kappa shape index (κ3) is 2.13. The molecular weight excluding hydrogens is 270 g/mol. The number of nitrogens with one attached hydrogen (secondary N) is 1. The van der Waals surface area contributed by atoms with Crippen LogP contribution in [0.25, 0.3) is 10.9 Å². The quantitative estimate of drug-likeness (QED) is 0.873. The lowest BCUT2D eigenvalue weighted by Gasteiger charge is -2.49. The zero-order valence-electron chi connectivity index (χ0n) is 12.4. The molecular formula is C16H22ClN3. The van der Waals surface area contributed by atoms with Gasteiger partial charge in [-0.05, 0) is 24.8 Å². The standard InChI is InChI=1S/C16H22ClN3/c1-4-20-13-8-6-5-7-11(13)12(19-20)10-18-15-9-14(17)16(15,2)3/h5-8,14-15,18H,4,9-10H2,1-3H3. The SMILES string of the molecule is CCn1nc(CNC2CC(Cl)C2(C)C)c2ccccc21. The molecule has 108 valence electrons. The molecule has 1 N–H and O–H groups in total. The van der Waals surface area contributed by atoms with Gasteiger partial charge >= 0.3 is 0 Å². The minimum atomic E-state index is 0.171. The van der Waals surface area contributed by atoms with Crippen molar-refractivity contribution in [1.82, 2.24) is 15.1 Å². The number of halogens is 1. The summed E-state index contributed by atoms with van der Waals surface area (Å²) in [6, 6.07) is 8.92. The second-order valence-corrected chi connectivity index (χ2v) is 6.76. The molecule has 0 radical (unpaired) electrons. The average molecular weight is 292 g/mol. The number of alkyl halides is 1. The topological polar surface area (TPSA) is 29.9 Å². The zero-order chi connectivity index (χ0) is 14.3. The summed E-state index contributed by atoms with van der Waals surface area (Å²) in [5.41, 5.74) is 2.52. The first-order valence-electron chi connectivity index (χ1n) is 7.36. The Labute approximate surface area is 125 Å². The average Bonchev–Trinajstić information content (AvgIpc) is 2.81. The van der Waals surface area contributed by atoms with E-state index in [1.807, 2.05) is 0 Å². The van der Waals surface area contributed by atoms with Gasteiger partial charge in [-0.1, -0.05) is 32.0 Å². The summed E-state index contributed by atoms with van der Waals surface area (Å²) < 4.78 is 2.07. The van der Waals surface area contributed by atoms with Crippen molar-refractivity contribution in [2.24, 2.45) is 5.41 Å². The molecule has 2 atom stereocenters. The lowest BCUT2D eigenvalue weighted by atomic mass is 9.67. The minimum absolute atomic E-state index is 0.171. The van der Waals surface area contributed by atoms with Crippen LogP contribution in [0.2, 0.25) is 0 Å². The van der Waals surface area contributed by atoms with Gasteiger partial charge in [0.15, 0.2) is 0 Å². The van der Waals surface area contributed by atoms with Crippen molar-refractivity contribution in [3.05, 3.63) is 30.0 Å². The van der Waals surface area contributed by atoms with E-state index in [0.29, 0.717) is 6.04 Å². The van der Waals surface area contributed by atoms with Crippen LogP contribution in [0.1, 0.15) is 32.9 Å². The predicted octanol–water partition coefficient (Wildman–Crippen LogP) is 3.55. The van der Waals surface area contributed by atoms with Crippen molar-refractivity contribution < 1.29 is 0 Å². The Balaban J connectivity index is 1.78. The van der Waals surface area contributed by atoms with E-state index in [1.54, 1.807) is 0 Å². The Morgan fingerprint density at radius 2 is 2.15 bits per heavy atom. The monoisotopic (exact) mass is 291 g/mol. The Morgan fingerprint density at radius 1 is 1.40 bits per heavy atom. The first-order chi connectivity index (χ1) is 9.54. The summed E-state index contributed by atoms with van der Waals surface area (Å²) >= 11 is 6.28. The fourth-order valence-electron chi connectivity index (χ4n) is 3.01. The summed E-state index contributed by atoms with van der Waals surface area (Å²) in [4.78, 5) is 0. The van der Waals surface area contributed by atoms with Crippen LogP contribution >= 0.6 is 11.6 Å². The molecule has 1 aliphatic carbocycles. The van der Waals surface area contributed by atoms with Crippen LogP contribution < -0.4 is 5.32 Å². The molecule has 1 aliphatic rings. The van der Waals surface area contributed by atoms with Gasteiger partial charge in [0.2, 0.25) is 0 Å². The van der Waals surface area contributed by atoms with Crippen molar-refractivity contribution in [1.29, 1.82) is 0 Å². The van der Waals surface area contributed by atoms with Crippen LogP contribution in [0.3, 0.4) is 0 Å². The van der Waals surface area contributed by atoms with Crippen LogP contribution in [-0.4, -0.2) is 21.2 Å². The fourth-order valence-corrected chi connectivity index (χ4v) is 3.34. The molecule has 2 aromatic rings. The molecule has 1 saturated carbocycles. The van der Waals surface area contributed by atoms with E-state index in [2.05, 4.69) is 55.0 Å². The highest BCUT2D eigenvalue weighted by molar-refractivity contribution is 6.21. The maximum Gasteiger partial charge on any atom is 0.0841 e. The predicted molar refractivity (Wildman–Crippen MR) is 84.1 cm³/mol. The molecule has 1 heterocycles. The molecule has 0 saturated heterocycles. The second kappa shape index (κ2) is 5.05. The summed E-state index contributed by atoms with van der Waals surface area (Å²) in [5, 5.41) is 9.89. The van der Waals surface area contributed by atoms with Crippen LogP contribution in [0.5, 0.6) is 0 Å². The molecule has 0 aliphatic heterocycles. The molecule has 2 unspecified atom stereocenters. The van der Waals surface area contributed by atoms with Crippen molar-refractivity contribution in [2.45, 2.75) is 51.7 Å². The second-order valence-electron chi connectivity index (χ2n) is 6.24. The molecule has 0 amide bonds. The van der Waals surface area contributed by atoms with Gasteiger partial charge < -0.3 is 5.32 Å². The summed E-state index contributed by atoms with van der Waals surface area (Å²) in [6.45, 7) is 8.30. The van der Waals surface area contributed by atoms with E-state index in [9.17, 15) is 0 Å². The summed E-state index contributed by atoms with van der Waals surface area (Å²) in [5.74, 6) is 0. The molecule has 1 fully saturated rings. The lowest BCUT2D eigenvalue weighted by Crippen LogP contribution is -2.57. The van der Waals surface area contributed by atoms with Gasteiger partial charge in [-0.3, -0.25) is 4.68 Å². The van der Waals surface area contributed by atoms with E-state index in [0.717, 1.165) is 25.2 Å². The third-order valence-corrected chi connectivity index (χ3v) is 5.44. The van der Waals surface area contributed by atoms with Gasteiger partial charge in [-0.2, -0.15) is 5.10 Å². The van der Waals surface area contributed by atoms with Crippen LogP contribution in [-0.2, 0) is 13.1 Å². The van der Waals surface area contributed by atoms with Gasteiger partial charge in [0.1, 0.15) is 0 Å². The van der Waals surface area contributed by atoms with Gasteiger partial charge in [0, 0.05) is 29.9 Å². The smallest absolute Gasteiger partial charge is 0.0841 e. The molecule has 0 spiro atoms. The number of para-hydroxylation sites is 1. The number of nitrogens with zero attached hydrogens (tertiary/aromatic N) is 2. The van der Waals surface area contributed by atoms with E-state index in [-0.39, 0.29) is 10.8 Å². The highest BCUT2D eigenvalue weighted by Crippen LogP contribution is 2.44. The number of rotatable bonds is 4. The molecule has 4 heteroatoms. The van der Waals surface area contributed by atoms with Crippen molar-refractivity contribution in [3.63, 3.8) is 0 Å². The Kier molecular flexibility index (Phi) is 3.51. The Bertz CT molecular complexity index is 617. The molecule has 1 aromatic heterocycles. The first-order valence-corrected chi connectivity index (χ1v) is 7.79. The summed E-state index contributed by atoms with van der Waals surface area (Å²) in [7, 11) is 0. The van der Waals surface area contributed by atoms with E-state index >= 15 is 0 Å². The number of benzene rings is 1. The lowest BCUT2D eigenvalue weighted by molar-refractivity contribution is 0.115. The maximum absolute atomic E-state index is 6.28. The van der Waals surface area contributed by atoms with Crippen LogP contribution in [0.4, 0.5) is 0 Å². The molecule has 20 heavy (non-hydrogen) atoms. The van der Waals surface area contributed by atoms with Gasteiger partial charge in [0.05, 0.1) is 11.2 Å². The summed E-state index contributed by atoms with van der Waals surface area (Å²) in [6.07, 6.45) is 1.04. The fraction of sp³-hybridized carbons (Fsp3) is 0.562. The van der Waals surface area contributed by atoms with Gasteiger partial charge in [-0.15, -0.1) is 11.6 Å². The number of aryl methyl sites for hydroxylation is 1. The largest absolute Gasteiger partial charge is 0.308 e. The molecule has 0 bridgehead atoms. The van der Waals surface area contributed by atoms with Crippen molar-refractivity contribution >= 4 is 22.5 Å². The highest BCUT2D eigenvalue weighted by atomic mass is 35.5. The van der Waals surface area contributed by atoms with Crippen molar-refractivity contribution in [3.8, 4) is 0 Å². The number of hydrogen-bond acceptors (Lipinski definition) is 2.